The highest BCUT2D eigenvalue weighted by atomic mass is 32.1. The molecule has 0 radical (unpaired) electrons. The second kappa shape index (κ2) is 6.91. The van der Waals surface area contributed by atoms with Gasteiger partial charge in [0, 0.05) is 16.3 Å². The number of thiophene rings is 1. The maximum atomic E-state index is 14.8. The normalized spacial score (nSPS) is 12.7. The molecule has 0 bridgehead atoms. The van der Waals surface area contributed by atoms with Crippen LogP contribution in [0.3, 0.4) is 0 Å². The van der Waals surface area contributed by atoms with E-state index in [1.807, 2.05) is 37.4 Å². The van der Waals surface area contributed by atoms with E-state index < -0.39 is 0 Å². The molecule has 0 aliphatic carbocycles. The van der Waals surface area contributed by atoms with Crippen molar-refractivity contribution < 1.29 is 9.50 Å². The molecule has 0 saturated heterocycles. The van der Waals surface area contributed by atoms with Gasteiger partial charge in [-0.3, -0.25) is 4.79 Å². The van der Waals surface area contributed by atoms with Crippen LogP contribution in [0.5, 0.6) is 0 Å². The van der Waals surface area contributed by atoms with Crippen LogP contribution in [-0.4, -0.2) is 10.1 Å². The van der Waals surface area contributed by atoms with Crippen molar-refractivity contribution in [3.8, 4) is 11.1 Å². The van der Waals surface area contributed by atoms with Gasteiger partial charge in [-0.15, -0.1) is 11.3 Å². The molecular weight excluding hydrogens is 361 g/mol. The Labute approximate surface area is 160 Å². The number of nitrogens with one attached hydrogen (secondary N) is 1. The molecule has 1 unspecified atom stereocenters. The quantitative estimate of drug-likeness (QED) is 0.487. The first-order valence-electron chi connectivity index (χ1n) is 9.00. The summed E-state index contributed by atoms with van der Waals surface area (Å²) in [6.45, 7) is 3.88. The summed E-state index contributed by atoms with van der Waals surface area (Å²) in [7, 11) is 0. The van der Waals surface area contributed by atoms with Crippen LogP contribution in [0, 0.1) is 5.82 Å². The fraction of sp³-hybridized carbons (Fsp3) is 0.227. The lowest BCUT2D eigenvalue weighted by molar-refractivity contribution is 0.282. The van der Waals surface area contributed by atoms with E-state index in [2.05, 4.69) is 4.98 Å². The second-order valence-electron chi connectivity index (χ2n) is 6.84. The summed E-state index contributed by atoms with van der Waals surface area (Å²) in [5, 5.41) is 13.4. The zero-order valence-corrected chi connectivity index (χ0v) is 16.0. The third-order valence-electron chi connectivity index (χ3n) is 5.28. The minimum atomic E-state index is -0.242. The summed E-state index contributed by atoms with van der Waals surface area (Å²) in [4.78, 5) is 15.2. The standard InChI is InChI=1S/C22H20FNO2S/c1-3-12(2)15-6-4-13(10-17(15)23)19-14(11-25)5-7-18-20(19)16-8-9-27-21(16)22(26)24-18/h4-10,12,25H,3,11H2,1-2H3,(H,24,26). The van der Waals surface area contributed by atoms with Crippen molar-refractivity contribution in [3.63, 3.8) is 0 Å². The lowest BCUT2D eigenvalue weighted by Crippen LogP contribution is -2.05. The van der Waals surface area contributed by atoms with Gasteiger partial charge < -0.3 is 10.1 Å². The predicted octanol–water partition coefficient (Wildman–Crippen LogP) is 5.55. The van der Waals surface area contributed by atoms with E-state index in [0.717, 1.165) is 22.8 Å². The number of fused-ring (bicyclic) bond motifs is 3. The number of halogens is 1. The zero-order chi connectivity index (χ0) is 19.1. The number of hydrogen-bond acceptors (Lipinski definition) is 3. The molecule has 2 aromatic carbocycles. The van der Waals surface area contributed by atoms with Crippen LogP contribution in [0.25, 0.3) is 32.1 Å². The highest BCUT2D eigenvalue weighted by Crippen LogP contribution is 2.37. The van der Waals surface area contributed by atoms with Crippen molar-refractivity contribution in [3.05, 3.63) is 69.1 Å². The number of rotatable bonds is 4. The van der Waals surface area contributed by atoms with Crippen molar-refractivity contribution >= 4 is 32.3 Å². The van der Waals surface area contributed by atoms with E-state index in [1.165, 1.54) is 11.3 Å². The molecule has 2 N–H and O–H groups in total. The van der Waals surface area contributed by atoms with Gasteiger partial charge in [-0.05, 0) is 58.2 Å². The number of benzene rings is 2. The highest BCUT2D eigenvalue weighted by molar-refractivity contribution is 7.17. The zero-order valence-electron chi connectivity index (χ0n) is 15.2. The first kappa shape index (κ1) is 17.9. The molecule has 3 nitrogen and oxygen atoms in total. The molecule has 0 saturated carbocycles. The van der Waals surface area contributed by atoms with E-state index >= 15 is 0 Å². The molecule has 0 spiro atoms. The molecule has 5 heteroatoms. The lowest BCUT2D eigenvalue weighted by Gasteiger charge is -2.16. The SMILES string of the molecule is CCC(C)c1ccc(-c2c(CO)ccc3[nH]c(=O)c4sccc4c23)cc1F. The van der Waals surface area contributed by atoms with Gasteiger partial charge in [-0.1, -0.05) is 32.0 Å². The summed E-state index contributed by atoms with van der Waals surface area (Å²) >= 11 is 1.38. The Balaban J connectivity index is 2.07. The van der Waals surface area contributed by atoms with Gasteiger partial charge in [0.15, 0.2) is 0 Å². The molecule has 138 valence electrons. The Kier molecular flexibility index (Phi) is 4.58. The molecule has 1 atom stereocenters. The summed E-state index contributed by atoms with van der Waals surface area (Å²) in [6.07, 6.45) is 0.864. The minimum Gasteiger partial charge on any atom is -0.392 e. The molecule has 0 aliphatic rings. The molecule has 4 aromatic rings. The van der Waals surface area contributed by atoms with Gasteiger partial charge in [0.25, 0.3) is 5.56 Å². The number of aliphatic hydroxyl groups excluding tert-OH is 1. The summed E-state index contributed by atoms with van der Waals surface area (Å²) < 4.78 is 15.4. The molecule has 0 aliphatic heterocycles. The summed E-state index contributed by atoms with van der Waals surface area (Å²) in [5.74, 6) is -0.0995. The van der Waals surface area contributed by atoms with Crippen LogP contribution in [0.2, 0.25) is 0 Å². The molecule has 4 rings (SSSR count). The Hall–Kier alpha value is -2.50. The van der Waals surface area contributed by atoms with Crippen LogP contribution < -0.4 is 5.56 Å². The maximum absolute atomic E-state index is 14.8. The topological polar surface area (TPSA) is 53.1 Å². The molecule has 27 heavy (non-hydrogen) atoms. The van der Waals surface area contributed by atoms with Crippen LogP contribution >= 0.6 is 11.3 Å². The van der Waals surface area contributed by atoms with Gasteiger partial charge >= 0.3 is 0 Å². The fourth-order valence-electron chi connectivity index (χ4n) is 3.65. The molecule has 0 amide bonds. The first-order chi connectivity index (χ1) is 13.0. The first-order valence-corrected chi connectivity index (χ1v) is 9.88. The predicted molar refractivity (Wildman–Crippen MR) is 110 cm³/mol. The summed E-state index contributed by atoms with van der Waals surface area (Å²) in [6, 6.07) is 10.8. The Bertz CT molecular complexity index is 1210. The number of aromatic amines is 1. The minimum absolute atomic E-state index is 0.131. The van der Waals surface area contributed by atoms with Crippen LogP contribution in [-0.2, 0) is 6.61 Å². The number of pyridine rings is 1. The lowest BCUT2D eigenvalue weighted by atomic mass is 9.91. The monoisotopic (exact) mass is 381 g/mol. The molecular formula is C22H20FNO2S. The molecule has 0 fully saturated rings. The smallest absolute Gasteiger partial charge is 0.266 e. The van der Waals surface area contributed by atoms with Gasteiger partial charge in [-0.2, -0.15) is 0 Å². The molecule has 2 aromatic heterocycles. The molecule has 2 heterocycles. The van der Waals surface area contributed by atoms with Crippen molar-refractivity contribution in [2.75, 3.05) is 0 Å². The van der Waals surface area contributed by atoms with Crippen molar-refractivity contribution in [1.82, 2.24) is 4.98 Å². The third kappa shape index (κ3) is 2.87. The number of hydrogen-bond donors (Lipinski definition) is 2. The van der Waals surface area contributed by atoms with Crippen molar-refractivity contribution in [1.29, 1.82) is 0 Å². The number of H-pyrrole nitrogens is 1. The third-order valence-corrected chi connectivity index (χ3v) is 6.20. The van der Waals surface area contributed by atoms with Crippen LogP contribution in [0.4, 0.5) is 4.39 Å². The van der Waals surface area contributed by atoms with Crippen molar-refractivity contribution in [2.24, 2.45) is 0 Å². The average molecular weight is 381 g/mol. The van der Waals surface area contributed by atoms with E-state index in [-0.39, 0.29) is 23.9 Å². The Morgan fingerprint density at radius 1 is 1.22 bits per heavy atom. The van der Waals surface area contributed by atoms with Crippen LogP contribution in [0.15, 0.2) is 46.6 Å². The highest BCUT2D eigenvalue weighted by Gasteiger charge is 2.17. The van der Waals surface area contributed by atoms with Gasteiger partial charge in [0.1, 0.15) is 10.5 Å². The largest absolute Gasteiger partial charge is 0.392 e. The van der Waals surface area contributed by atoms with Gasteiger partial charge in [0.05, 0.1) is 6.61 Å². The fourth-order valence-corrected chi connectivity index (χ4v) is 4.45. The van der Waals surface area contributed by atoms with E-state index in [0.29, 0.717) is 26.9 Å². The van der Waals surface area contributed by atoms with E-state index in [4.69, 9.17) is 0 Å². The van der Waals surface area contributed by atoms with Gasteiger partial charge in [-0.25, -0.2) is 4.39 Å². The van der Waals surface area contributed by atoms with Gasteiger partial charge in [0.2, 0.25) is 0 Å². The summed E-state index contributed by atoms with van der Waals surface area (Å²) in [5.41, 5.74) is 3.43. The number of aliphatic hydroxyl groups is 1. The van der Waals surface area contributed by atoms with Crippen molar-refractivity contribution in [2.45, 2.75) is 32.8 Å². The average Bonchev–Trinajstić information content (AvgIpc) is 3.17. The Morgan fingerprint density at radius 3 is 2.74 bits per heavy atom. The maximum Gasteiger partial charge on any atom is 0.266 e. The Morgan fingerprint density at radius 2 is 2.04 bits per heavy atom. The second-order valence-corrected chi connectivity index (χ2v) is 7.76. The van der Waals surface area contributed by atoms with Crippen LogP contribution in [0.1, 0.15) is 37.3 Å². The number of aromatic nitrogens is 1. The van der Waals surface area contributed by atoms with E-state index in [9.17, 15) is 14.3 Å². The van der Waals surface area contributed by atoms with E-state index in [1.54, 1.807) is 18.2 Å².